The summed E-state index contributed by atoms with van der Waals surface area (Å²) in [4.78, 5) is 2.52. The number of benzene rings is 1. The van der Waals surface area contributed by atoms with Gasteiger partial charge in [0, 0.05) is 37.6 Å². The topological polar surface area (TPSA) is 8.17 Å². The summed E-state index contributed by atoms with van der Waals surface area (Å²) in [7, 11) is 0. The standard InChI is InChI=1S/C17H20N2/c1-15-17-10-6-12-19(17)14-13-18(15)11-5-9-16-7-3-2-4-8-16/h2-10,12,15H,11,13-14H2,1H3/b9-5+. The average molecular weight is 252 g/mol. The second-order valence-electron chi connectivity index (χ2n) is 5.11. The van der Waals surface area contributed by atoms with Gasteiger partial charge in [-0.1, -0.05) is 42.5 Å². The van der Waals surface area contributed by atoms with Crippen molar-refractivity contribution in [3.63, 3.8) is 0 Å². The fraction of sp³-hybridized carbons (Fsp3) is 0.294. The Bertz CT molecular complexity index is 554. The quantitative estimate of drug-likeness (QED) is 0.810. The van der Waals surface area contributed by atoms with E-state index < -0.39 is 0 Å². The molecule has 0 radical (unpaired) electrons. The van der Waals surface area contributed by atoms with E-state index in [0.29, 0.717) is 6.04 Å². The Morgan fingerprint density at radius 2 is 1.95 bits per heavy atom. The van der Waals surface area contributed by atoms with Crippen molar-refractivity contribution in [2.45, 2.75) is 19.5 Å². The summed E-state index contributed by atoms with van der Waals surface area (Å²) in [5.74, 6) is 0. The molecule has 1 aliphatic heterocycles. The van der Waals surface area contributed by atoms with Crippen LogP contribution >= 0.6 is 0 Å². The van der Waals surface area contributed by atoms with E-state index in [4.69, 9.17) is 0 Å². The highest BCUT2D eigenvalue weighted by molar-refractivity contribution is 5.48. The highest BCUT2D eigenvalue weighted by Gasteiger charge is 2.21. The molecule has 3 rings (SSSR count). The van der Waals surface area contributed by atoms with Crippen LogP contribution in [-0.4, -0.2) is 22.6 Å². The van der Waals surface area contributed by atoms with E-state index in [0.717, 1.165) is 19.6 Å². The molecule has 0 fully saturated rings. The van der Waals surface area contributed by atoms with Crippen molar-refractivity contribution in [2.24, 2.45) is 0 Å². The lowest BCUT2D eigenvalue weighted by Crippen LogP contribution is -2.36. The monoisotopic (exact) mass is 252 g/mol. The minimum atomic E-state index is 0.504. The maximum absolute atomic E-state index is 2.52. The van der Waals surface area contributed by atoms with E-state index in [1.54, 1.807) is 0 Å². The van der Waals surface area contributed by atoms with E-state index in [2.05, 4.69) is 77.2 Å². The second-order valence-corrected chi connectivity index (χ2v) is 5.11. The summed E-state index contributed by atoms with van der Waals surface area (Å²) in [6, 6.07) is 15.4. The molecule has 2 nitrogen and oxygen atoms in total. The van der Waals surface area contributed by atoms with Crippen LogP contribution in [0.3, 0.4) is 0 Å². The molecule has 0 bridgehead atoms. The summed E-state index contributed by atoms with van der Waals surface area (Å²) < 4.78 is 2.36. The maximum atomic E-state index is 2.52. The largest absolute Gasteiger partial charge is 0.349 e. The van der Waals surface area contributed by atoms with Crippen molar-refractivity contribution >= 4 is 6.08 Å². The first-order chi connectivity index (χ1) is 9.34. The lowest BCUT2D eigenvalue weighted by atomic mass is 10.1. The van der Waals surface area contributed by atoms with Crippen LogP contribution in [-0.2, 0) is 6.54 Å². The Morgan fingerprint density at radius 1 is 1.11 bits per heavy atom. The molecule has 1 aromatic carbocycles. The first-order valence-electron chi connectivity index (χ1n) is 6.95. The zero-order valence-corrected chi connectivity index (χ0v) is 11.4. The first-order valence-corrected chi connectivity index (χ1v) is 6.95. The molecule has 0 amide bonds. The van der Waals surface area contributed by atoms with Crippen molar-refractivity contribution in [1.29, 1.82) is 0 Å². The molecule has 0 spiro atoms. The van der Waals surface area contributed by atoms with Gasteiger partial charge < -0.3 is 4.57 Å². The van der Waals surface area contributed by atoms with Gasteiger partial charge in [-0.2, -0.15) is 0 Å². The Morgan fingerprint density at radius 3 is 2.79 bits per heavy atom. The SMILES string of the molecule is CC1c2cccn2CCN1C/C=C/c1ccccc1. The van der Waals surface area contributed by atoms with Crippen LogP contribution in [0, 0.1) is 0 Å². The highest BCUT2D eigenvalue weighted by atomic mass is 15.2. The number of hydrogen-bond acceptors (Lipinski definition) is 1. The second kappa shape index (κ2) is 5.45. The van der Waals surface area contributed by atoms with Crippen LogP contribution in [0.5, 0.6) is 0 Å². The summed E-state index contributed by atoms with van der Waals surface area (Å²) in [5, 5.41) is 0. The van der Waals surface area contributed by atoms with Gasteiger partial charge in [-0.15, -0.1) is 0 Å². The van der Waals surface area contributed by atoms with Crippen LogP contribution in [0.4, 0.5) is 0 Å². The molecule has 1 aliphatic rings. The Hall–Kier alpha value is -1.80. The average Bonchev–Trinajstić information content (AvgIpc) is 2.92. The third-order valence-corrected chi connectivity index (χ3v) is 3.92. The smallest absolute Gasteiger partial charge is 0.0476 e. The zero-order valence-electron chi connectivity index (χ0n) is 11.4. The molecule has 1 atom stereocenters. The molecule has 0 saturated heterocycles. The summed E-state index contributed by atoms with van der Waals surface area (Å²) in [6.07, 6.45) is 6.66. The third kappa shape index (κ3) is 2.64. The molecule has 2 aromatic rings. The molecule has 2 heterocycles. The number of aromatic nitrogens is 1. The molecule has 1 aromatic heterocycles. The van der Waals surface area contributed by atoms with Crippen molar-refractivity contribution in [2.75, 3.05) is 13.1 Å². The lowest BCUT2D eigenvalue weighted by Gasteiger charge is -2.34. The summed E-state index contributed by atoms with van der Waals surface area (Å²) in [6.45, 7) is 5.54. The summed E-state index contributed by atoms with van der Waals surface area (Å²) in [5.41, 5.74) is 2.70. The van der Waals surface area contributed by atoms with Crippen LogP contribution in [0.15, 0.2) is 54.7 Å². The van der Waals surface area contributed by atoms with E-state index in [1.807, 2.05) is 0 Å². The number of nitrogens with zero attached hydrogens (tertiary/aromatic N) is 2. The van der Waals surface area contributed by atoms with Crippen molar-refractivity contribution in [3.8, 4) is 0 Å². The van der Waals surface area contributed by atoms with Crippen LogP contribution in [0.1, 0.15) is 24.2 Å². The van der Waals surface area contributed by atoms with Crippen LogP contribution < -0.4 is 0 Å². The number of fused-ring (bicyclic) bond motifs is 1. The Kier molecular flexibility index (Phi) is 3.51. The number of rotatable bonds is 3. The zero-order chi connectivity index (χ0) is 13.1. The number of hydrogen-bond donors (Lipinski definition) is 0. The Balaban J connectivity index is 1.64. The highest BCUT2D eigenvalue weighted by Crippen LogP contribution is 2.24. The summed E-state index contributed by atoms with van der Waals surface area (Å²) >= 11 is 0. The van der Waals surface area contributed by atoms with Gasteiger partial charge in [-0.3, -0.25) is 4.90 Å². The lowest BCUT2D eigenvalue weighted by molar-refractivity contribution is 0.188. The molecule has 0 saturated carbocycles. The van der Waals surface area contributed by atoms with E-state index in [9.17, 15) is 0 Å². The van der Waals surface area contributed by atoms with Gasteiger partial charge >= 0.3 is 0 Å². The normalized spacial score (nSPS) is 19.7. The fourth-order valence-corrected chi connectivity index (χ4v) is 2.76. The van der Waals surface area contributed by atoms with Gasteiger partial charge in [-0.05, 0) is 24.6 Å². The molecule has 2 heteroatoms. The molecular weight excluding hydrogens is 232 g/mol. The predicted octanol–water partition coefficient (Wildman–Crippen LogP) is 3.58. The van der Waals surface area contributed by atoms with Crippen LogP contribution in [0.2, 0.25) is 0 Å². The predicted molar refractivity (Wildman–Crippen MR) is 79.9 cm³/mol. The molecule has 98 valence electrons. The van der Waals surface area contributed by atoms with Gasteiger partial charge in [0.2, 0.25) is 0 Å². The van der Waals surface area contributed by atoms with Crippen molar-refractivity contribution in [3.05, 3.63) is 66.0 Å². The Labute approximate surface area is 115 Å². The molecule has 0 N–H and O–H groups in total. The minimum Gasteiger partial charge on any atom is -0.349 e. The maximum Gasteiger partial charge on any atom is 0.0476 e. The molecule has 1 unspecified atom stereocenters. The van der Waals surface area contributed by atoms with Gasteiger partial charge in [0.15, 0.2) is 0 Å². The van der Waals surface area contributed by atoms with Crippen molar-refractivity contribution in [1.82, 2.24) is 9.47 Å². The molecular formula is C17H20N2. The third-order valence-electron chi connectivity index (χ3n) is 3.92. The first kappa shape index (κ1) is 12.2. The van der Waals surface area contributed by atoms with Gasteiger partial charge in [0.25, 0.3) is 0 Å². The minimum absolute atomic E-state index is 0.504. The van der Waals surface area contributed by atoms with Crippen molar-refractivity contribution < 1.29 is 0 Å². The van der Waals surface area contributed by atoms with Gasteiger partial charge in [0.1, 0.15) is 0 Å². The fourth-order valence-electron chi connectivity index (χ4n) is 2.76. The van der Waals surface area contributed by atoms with Gasteiger partial charge in [-0.25, -0.2) is 0 Å². The van der Waals surface area contributed by atoms with Gasteiger partial charge in [0.05, 0.1) is 0 Å². The molecule has 19 heavy (non-hydrogen) atoms. The molecule has 0 aliphatic carbocycles. The van der Waals surface area contributed by atoms with Crippen LogP contribution in [0.25, 0.3) is 6.08 Å². The van der Waals surface area contributed by atoms with E-state index >= 15 is 0 Å². The van der Waals surface area contributed by atoms with E-state index in [1.165, 1.54) is 11.3 Å². The van der Waals surface area contributed by atoms with E-state index in [-0.39, 0.29) is 0 Å².